The molecule has 0 aromatic heterocycles. The maximum atomic E-state index is 3.99. The van der Waals surface area contributed by atoms with Crippen LogP contribution in [0.5, 0.6) is 0 Å². The van der Waals surface area contributed by atoms with E-state index in [0.29, 0.717) is 0 Å². The Morgan fingerprint density at radius 1 is 1.31 bits per heavy atom. The van der Waals surface area contributed by atoms with Crippen molar-refractivity contribution in [1.29, 1.82) is 0 Å². The van der Waals surface area contributed by atoms with Gasteiger partial charge in [-0.05, 0) is 32.4 Å². The van der Waals surface area contributed by atoms with Gasteiger partial charge in [-0.2, -0.15) is 0 Å². The van der Waals surface area contributed by atoms with Crippen LogP contribution >= 0.6 is 0 Å². The van der Waals surface area contributed by atoms with Gasteiger partial charge in [0, 0.05) is 6.54 Å². The molecule has 1 aliphatic heterocycles. The minimum atomic E-state index is 1.09. The van der Waals surface area contributed by atoms with E-state index in [1.54, 1.807) is 6.08 Å². The van der Waals surface area contributed by atoms with E-state index in [0.717, 1.165) is 6.42 Å². The van der Waals surface area contributed by atoms with Crippen LogP contribution in [0.1, 0.15) is 19.3 Å². The molecule has 0 aromatic rings. The Kier molecular flexibility index (Phi) is 4.55. The Bertz CT molecular complexity index is 197. The average Bonchev–Trinajstić information content (AvgIpc) is 2.64. The Morgan fingerprint density at radius 3 is 2.62 bits per heavy atom. The number of hydrogen-bond acceptors (Lipinski definition) is 1. The quantitative estimate of drug-likeness (QED) is 0.584. The van der Waals surface area contributed by atoms with Gasteiger partial charge >= 0.3 is 0 Å². The monoisotopic (exact) mass is 177 g/mol. The number of rotatable bonds is 5. The van der Waals surface area contributed by atoms with Crippen molar-refractivity contribution in [3.05, 3.63) is 37.0 Å². The van der Waals surface area contributed by atoms with E-state index in [1.807, 2.05) is 12.2 Å². The summed E-state index contributed by atoms with van der Waals surface area (Å²) in [7, 11) is 0. The maximum Gasteiger partial charge on any atom is 0.00216 e. The fraction of sp³-hybridized carbons (Fsp3) is 0.500. The van der Waals surface area contributed by atoms with Crippen LogP contribution in [0.4, 0.5) is 0 Å². The molecule has 0 aliphatic carbocycles. The van der Waals surface area contributed by atoms with Gasteiger partial charge in [-0.1, -0.05) is 37.0 Å². The van der Waals surface area contributed by atoms with Crippen LogP contribution in [0, 0.1) is 0 Å². The van der Waals surface area contributed by atoms with E-state index < -0.39 is 0 Å². The van der Waals surface area contributed by atoms with E-state index in [1.165, 1.54) is 38.0 Å². The van der Waals surface area contributed by atoms with Crippen molar-refractivity contribution in [1.82, 2.24) is 4.90 Å². The van der Waals surface area contributed by atoms with Crippen molar-refractivity contribution in [3.63, 3.8) is 0 Å². The van der Waals surface area contributed by atoms with Gasteiger partial charge in [-0.25, -0.2) is 0 Å². The normalized spacial score (nSPS) is 18.2. The summed E-state index contributed by atoms with van der Waals surface area (Å²) >= 11 is 0. The first-order valence-electron chi connectivity index (χ1n) is 5.02. The van der Waals surface area contributed by atoms with Gasteiger partial charge in [-0.3, -0.25) is 0 Å². The Hall–Kier alpha value is -0.820. The van der Waals surface area contributed by atoms with Crippen LogP contribution < -0.4 is 0 Å². The first-order chi connectivity index (χ1) is 6.33. The van der Waals surface area contributed by atoms with Crippen LogP contribution in [0.15, 0.2) is 37.0 Å². The highest BCUT2D eigenvalue weighted by atomic mass is 15.1. The molecule has 0 spiro atoms. The second kappa shape index (κ2) is 5.76. The van der Waals surface area contributed by atoms with Crippen LogP contribution in [0.2, 0.25) is 0 Å². The smallest absolute Gasteiger partial charge is 0.00216 e. The summed E-state index contributed by atoms with van der Waals surface area (Å²) < 4.78 is 0. The van der Waals surface area contributed by atoms with Gasteiger partial charge in [0.15, 0.2) is 0 Å². The second-order valence-corrected chi connectivity index (χ2v) is 3.55. The predicted molar refractivity (Wildman–Crippen MR) is 58.8 cm³/mol. The van der Waals surface area contributed by atoms with Gasteiger partial charge in [0.2, 0.25) is 0 Å². The van der Waals surface area contributed by atoms with E-state index in [-0.39, 0.29) is 0 Å². The molecule has 1 nitrogen and oxygen atoms in total. The molecule has 72 valence electrons. The Labute approximate surface area is 81.4 Å². The topological polar surface area (TPSA) is 3.24 Å². The summed E-state index contributed by atoms with van der Waals surface area (Å²) in [5.41, 5.74) is 1.20. The van der Waals surface area contributed by atoms with Crippen LogP contribution in [-0.2, 0) is 0 Å². The second-order valence-electron chi connectivity index (χ2n) is 3.55. The standard InChI is InChI=1S/C12H19N/c1-3-4-7-12(2)8-11-13-9-5-6-10-13/h3-4,7H,1-2,5-6,8-11H2. The molecule has 0 radical (unpaired) electrons. The Balaban J connectivity index is 2.13. The van der Waals surface area contributed by atoms with Gasteiger partial charge < -0.3 is 4.90 Å². The van der Waals surface area contributed by atoms with Crippen LogP contribution in [0.25, 0.3) is 0 Å². The molecule has 0 amide bonds. The molecule has 1 fully saturated rings. The van der Waals surface area contributed by atoms with Gasteiger partial charge in [0.05, 0.1) is 0 Å². The summed E-state index contributed by atoms with van der Waals surface area (Å²) in [5.74, 6) is 0. The number of hydrogen-bond donors (Lipinski definition) is 0. The highest BCUT2D eigenvalue weighted by Gasteiger charge is 2.10. The third kappa shape index (κ3) is 4.09. The lowest BCUT2D eigenvalue weighted by molar-refractivity contribution is 0.344. The molecule has 0 N–H and O–H groups in total. The fourth-order valence-electron chi connectivity index (χ4n) is 1.60. The summed E-state index contributed by atoms with van der Waals surface area (Å²) in [6.07, 6.45) is 9.62. The highest BCUT2D eigenvalue weighted by Crippen LogP contribution is 2.10. The third-order valence-corrected chi connectivity index (χ3v) is 2.42. The zero-order valence-electron chi connectivity index (χ0n) is 8.34. The largest absolute Gasteiger partial charge is 0.303 e. The highest BCUT2D eigenvalue weighted by molar-refractivity contribution is 5.18. The van der Waals surface area contributed by atoms with Gasteiger partial charge in [0.1, 0.15) is 0 Å². The van der Waals surface area contributed by atoms with Crippen molar-refractivity contribution in [2.45, 2.75) is 19.3 Å². The molecule has 0 saturated carbocycles. The zero-order chi connectivity index (χ0) is 9.52. The molecule has 1 heterocycles. The molecule has 0 bridgehead atoms. The fourth-order valence-corrected chi connectivity index (χ4v) is 1.60. The van der Waals surface area contributed by atoms with Crippen molar-refractivity contribution in [2.24, 2.45) is 0 Å². The molecule has 1 saturated heterocycles. The van der Waals surface area contributed by atoms with Crippen molar-refractivity contribution >= 4 is 0 Å². The first-order valence-corrected chi connectivity index (χ1v) is 5.02. The third-order valence-electron chi connectivity index (χ3n) is 2.42. The van der Waals surface area contributed by atoms with Crippen LogP contribution in [-0.4, -0.2) is 24.5 Å². The van der Waals surface area contributed by atoms with Gasteiger partial charge in [-0.15, -0.1) is 0 Å². The lowest BCUT2D eigenvalue weighted by Crippen LogP contribution is -2.20. The molecule has 0 unspecified atom stereocenters. The lowest BCUT2D eigenvalue weighted by Gasteiger charge is -2.13. The molecule has 1 aliphatic rings. The van der Waals surface area contributed by atoms with E-state index in [2.05, 4.69) is 18.1 Å². The predicted octanol–water partition coefficient (Wildman–Crippen LogP) is 2.77. The molecule has 13 heavy (non-hydrogen) atoms. The summed E-state index contributed by atoms with van der Waals surface area (Å²) in [6, 6.07) is 0. The molecular formula is C12H19N. The van der Waals surface area contributed by atoms with Crippen molar-refractivity contribution in [2.75, 3.05) is 19.6 Å². The Morgan fingerprint density at radius 2 is 2.00 bits per heavy atom. The van der Waals surface area contributed by atoms with E-state index >= 15 is 0 Å². The van der Waals surface area contributed by atoms with E-state index in [4.69, 9.17) is 0 Å². The van der Waals surface area contributed by atoms with Crippen molar-refractivity contribution in [3.8, 4) is 0 Å². The van der Waals surface area contributed by atoms with Crippen LogP contribution in [0.3, 0.4) is 0 Å². The minimum absolute atomic E-state index is 1.09. The summed E-state index contributed by atoms with van der Waals surface area (Å²) in [6.45, 7) is 11.3. The maximum absolute atomic E-state index is 3.99. The SMILES string of the molecule is C=CC=CC(=C)CCN1CCCC1. The molecular weight excluding hydrogens is 158 g/mol. The molecule has 1 heteroatoms. The molecule has 0 atom stereocenters. The molecule has 1 rings (SSSR count). The van der Waals surface area contributed by atoms with Gasteiger partial charge in [0.25, 0.3) is 0 Å². The van der Waals surface area contributed by atoms with Crippen molar-refractivity contribution < 1.29 is 0 Å². The number of likely N-dealkylation sites (tertiary alicyclic amines) is 1. The summed E-state index contributed by atoms with van der Waals surface area (Å²) in [4.78, 5) is 2.51. The van der Waals surface area contributed by atoms with E-state index in [9.17, 15) is 0 Å². The summed E-state index contributed by atoms with van der Waals surface area (Å²) in [5, 5.41) is 0. The average molecular weight is 177 g/mol. The lowest BCUT2D eigenvalue weighted by atomic mass is 10.2. The zero-order valence-corrected chi connectivity index (χ0v) is 8.34. The molecule has 0 aromatic carbocycles. The number of nitrogens with zero attached hydrogens (tertiary/aromatic N) is 1. The number of allylic oxidation sites excluding steroid dienone is 3. The minimum Gasteiger partial charge on any atom is -0.303 e. The first kappa shape index (κ1) is 10.3.